The van der Waals surface area contributed by atoms with Crippen LogP contribution in [0.15, 0.2) is 53.1 Å². The summed E-state index contributed by atoms with van der Waals surface area (Å²) >= 11 is 5.82. The second-order valence-corrected chi connectivity index (χ2v) is 6.86. The van der Waals surface area contributed by atoms with Crippen molar-refractivity contribution in [3.05, 3.63) is 69.4 Å². The van der Waals surface area contributed by atoms with Crippen LogP contribution in [0.3, 0.4) is 0 Å². The van der Waals surface area contributed by atoms with Crippen LogP contribution in [0.5, 0.6) is 0 Å². The topological polar surface area (TPSA) is 106 Å². The third kappa shape index (κ3) is 3.90. The summed E-state index contributed by atoms with van der Waals surface area (Å²) < 4.78 is 5.31. The number of rotatable bonds is 4. The van der Waals surface area contributed by atoms with Crippen LogP contribution in [0, 0.1) is 10.1 Å². The van der Waals surface area contributed by atoms with Crippen molar-refractivity contribution < 1.29 is 14.1 Å². The van der Waals surface area contributed by atoms with E-state index in [9.17, 15) is 14.9 Å². The number of amides is 1. The van der Waals surface area contributed by atoms with E-state index in [4.69, 9.17) is 16.0 Å². The lowest BCUT2D eigenvalue weighted by Crippen LogP contribution is -2.49. The van der Waals surface area contributed by atoms with E-state index in [1.165, 1.54) is 18.2 Å². The highest BCUT2D eigenvalue weighted by Crippen LogP contribution is 2.26. The maximum absolute atomic E-state index is 12.7. The summed E-state index contributed by atoms with van der Waals surface area (Å²) in [6.07, 6.45) is 1.58. The molecule has 1 fully saturated rings. The summed E-state index contributed by atoms with van der Waals surface area (Å²) in [5.74, 6) is 1.11. The molecule has 0 N–H and O–H groups in total. The molecule has 0 atom stereocenters. The second kappa shape index (κ2) is 7.88. The van der Waals surface area contributed by atoms with Crippen LogP contribution < -0.4 is 4.90 Å². The average molecular weight is 414 g/mol. The van der Waals surface area contributed by atoms with Gasteiger partial charge >= 0.3 is 0 Å². The van der Waals surface area contributed by atoms with Gasteiger partial charge in [0.25, 0.3) is 11.6 Å². The number of hydrogen-bond acceptors (Lipinski definition) is 7. The lowest BCUT2D eigenvalue weighted by atomic mass is 10.1. The molecule has 0 unspecified atom stereocenters. The van der Waals surface area contributed by atoms with Crippen molar-refractivity contribution in [2.24, 2.45) is 0 Å². The lowest BCUT2D eigenvalue weighted by molar-refractivity contribution is -0.384. The standard InChI is InChI=1S/C19H16ClN5O4/c20-14-4-3-13(12-16(14)25(27)28)19(26)24-9-7-23(8-10-24)18-6-5-15(21-22-18)17-2-1-11-29-17/h1-6,11-12H,7-10H2. The average Bonchev–Trinajstić information content (AvgIpc) is 3.29. The van der Waals surface area contributed by atoms with Crippen LogP contribution in [-0.4, -0.2) is 52.1 Å². The van der Waals surface area contributed by atoms with Gasteiger partial charge in [-0.25, -0.2) is 0 Å². The van der Waals surface area contributed by atoms with Gasteiger partial charge in [-0.15, -0.1) is 10.2 Å². The Morgan fingerprint density at radius 1 is 1.10 bits per heavy atom. The van der Waals surface area contributed by atoms with E-state index in [0.717, 1.165) is 5.82 Å². The Morgan fingerprint density at radius 3 is 2.52 bits per heavy atom. The molecule has 4 rings (SSSR count). The zero-order chi connectivity index (χ0) is 20.4. The van der Waals surface area contributed by atoms with Crippen molar-refractivity contribution in [1.82, 2.24) is 15.1 Å². The van der Waals surface area contributed by atoms with E-state index in [1.54, 1.807) is 17.2 Å². The van der Waals surface area contributed by atoms with Crippen LogP contribution in [0.1, 0.15) is 10.4 Å². The highest BCUT2D eigenvalue weighted by molar-refractivity contribution is 6.32. The van der Waals surface area contributed by atoms with Crippen molar-refractivity contribution in [1.29, 1.82) is 0 Å². The Balaban J connectivity index is 1.41. The zero-order valence-electron chi connectivity index (χ0n) is 15.2. The number of carbonyl (C=O) groups is 1. The van der Waals surface area contributed by atoms with E-state index < -0.39 is 4.92 Å². The fourth-order valence-corrected chi connectivity index (χ4v) is 3.34. The molecule has 1 saturated heterocycles. The molecule has 29 heavy (non-hydrogen) atoms. The third-order valence-electron chi connectivity index (χ3n) is 4.70. The van der Waals surface area contributed by atoms with Crippen molar-refractivity contribution in [2.75, 3.05) is 31.1 Å². The first kappa shape index (κ1) is 18.9. The van der Waals surface area contributed by atoms with Gasteiger partial charge in [0, 0.05) is 37.8 Å². The second-order valence-electron chi connectivity index (χ2n) is 6.46. The fourth-order valence-electron chi connectivity index (χ4n) is 3.16. The number of piperazine rings is 1. The summed E-state index contributed by atoms with van der Waals surface area (Å²) in [5.41, 5.74) is 0.622. The molecule has 0 aliphatic carbocycles. The van der Waals surface area contributed by atoms with Crippen molar-refractivity contribution in [3.8, 4) is 11.5 Å². The number of nitro groups is 1. The lowest BCUT2D eigenvalue weighted by Gasteiger charge is -2.35. The number of hydrogen-bond donors (Lipinski definition) is 0. The SMILES string of the molecule is O=C(c1ccc(Cl)c([N+](=O)[O-])c1)N1CCN(c2ccc(-c3ccco3)nn2)CC1. The molecule has 0 bridgehead atoms. The first-order chi connectivity index (χ1) is 14.0. The maximum atomic E-state index is 12.7. The first-order valence-electron chi connectivity index (χ1n) is 8.89. The molecule has 1 aliphatic rings. The summed E-state index contributed by atoms with van der Waals surface area (Å²) in [5, 5.41) is 19.5. The highest BCUT2D eigenvalue weighted by Gasteiger charge is 2.25. The van der Waals surface area contributed by atoms with Gasteiger partial charge in [0.15, 0.2) is 11.6 Å². The number of halogens is 1. The molecule has 0 saturated carbocycles. The minimum absolute atomic E-state index is 0.00735. The Labute approximate surface area is 170 Å². The molecule has 1 aromatic carbocycles. The van der Waals surface area contributed by atoms with Gasteiger partial charge in [-0.05, 0) is 36.4 Å². The third-order valence-corrected chi connectivity index (χ3v) is 5.02. The van der Waals surface area contributed by atoms with Crippen LogP contribution in [0.4, 0.5) is 11.5 Å². The molecule has 3 aromatic rings. The summed E-state index contributed by atoms with van der Waals surface area (Å²) in [4.78, 5) is 26.9. The van der Waals surface area contributed by atoms with Crippen molar-refractivity contribution in [3.63, 3.8) is 0 Å². The first-order valence-corrected chi connectivity index (χ1v) is 9.26. The van der Waals surface area contributed by atoms with Gasteiger partial charge in [-0.2, -0.15) is 0 Å². The minimum atomic E-state index is -0.595. The van der Waals surface area contributed by atoms with Gasteiger partial charge in [-0.1, -0.05) is 11.6 Å². The van der Waals surface area contributed by atoms with Gasteiger partial charge in [0.2, 0.25) is 0 Å². The summed E-state index contributed by atoms with van der Waals surface area (Å²) in [6.45, 7) is 2.10. The Hall–Kier alpha value is -3.46. The predicted molar refractivity (Wildman–Crippen MR) is 106 cm³/mol. The monoisotopic (exact) mass is 413 g/mol. The molecular formula is C19H16ClN5O4. The Bertz CT molecular complexity index is 1030. The van der Waals surface area contributed by atoms with E-state index in [1.807, 2.05) is 23.1 Å². The van der Waals surface area contributed by atoms with E-state index in [2.05, 4.69) is 10.2 Å². The van der Waals surface area contributed by atoms with Gasteiger partial charge in [0.05, 0.1) is 11.2 Å². The summed E-state index contributed by atoms with van der Waals surface area (Å²) in [7, 11) is 0. The Kier molecular flexibility index (Phi) is 5.13. The highest BCUT2D eigenvalue weighted by atomic mass is 35.5. The molecule has 2 aromatic heterocycles. The smallest absolute Gasteiger partial charge is 0.288 e. The minimum Gasteiger partial charge on any atom is -0.463 e. The largest absolute Gasteiger partial charge is 0.463 e. The Morgan fingerprint density at radius 2 is 1.90 bits per heavy atom. The number of nitrogens with zero attached hydrogens (tertiary/aromatic N) is 5. The van der Waals surface area contributed by atoms with Gasteiger partial charge in [0.1, 0.15) is 10.7 Å². The number of aromatic nitrogens is 2. The number of nitro benzene ring substituents is 1. The van der Waals surface area contributed by atoms with Crippen LogP contribution in [0.2, 0.25) is 5.02 Å². The quantitative estimate of drug-likeness (QED) is 0.477. The van der Waals surface area contributed by atoms with Crippen LogP contribution >= 0.6 is 11.6 Å². The van der Waals surface area contributed by atoms with E-state index >= 15 is 0 Å². The van der Waals surface area contributed by atoms with E-state index in [0.29, 0.717) is 37.6 Å². The van der Waals surface area contributed by atoms with Crippen LogP contribution in [0.25, 0.3) is 11.5 Å². The van der Waals surface area contributed by atoms with Gasteiger partial charge < -0.3 is 14.2 Å². The molecule has 1 aliphatic heterocycles. The van der Waals surface area contributed by atoms with Crippen LogP contribution in [-0.2, 0) is 0 Å². The zero-order valence-corrected chi connectivity index (χ0v) is 16.0. The molecule has 148 valence electrons. The molecule has 0 spiro atoms. The molecular weight excluding hydrogens is 398 g/mol. The predicted octanol–water partition coefficient (Wildman–Crippen LogP) is 3.26. The van der Waals surface area contributed by atoms with E-state index in [-0.39, 0.29) is 22.2 Å². The number of benzene rings is 1. The molecule has 9 nitrogen and oxygen atoms in total. The summed E-state index contributed by atoms with van der Waals surface area (Å²) in [6, 6.07) is 11.4. The fraction of sp³-hybridized carbons (Fsp3) is 0.211. The molecule has 10 heteroatoms. The molecule has 1 amide bonds. The van der Waals surface area contributed by atoms with Crippen molar-refractivity contribution >= 4 is 29.0 Å². The maximum Gasteiger partial charge on any atom is 0.288 e. The van der Waals surface area contributed by atoms with Gasteiger partial charge in [-0.3, -0.25) is 14.9 Å². The number of furan rings is 1. The number of anilines is 1. The molecule has 0 radical (unpaired) electrons. The van der Waals surface area contributed by atoms with Crippen molar-refractivity contribution in [2.45, 2.75) is 0 Å². The number of carbonyl (C=O) groups excluding carboxylic acids is 1. The molecule has 3 heterocycles. The normalized spacial score (nSPS) is 14.1.